The molecule has 0 unspecified atom stereocenters. The number of carbonyl (C=O) groups is 1. The number of aromatic nitrogens is 2. The predicted octanol–water partition coefficient (Wildman–Crippen LogP) is 3.38. The number of benzene rings is 1. The lowest BCUT2D eigenvalue weighted by Crippen LogP contribution is -2.24. The molecule has 1 amide bonds. The Morgan fingerprint density at radius 3 is 3.04 bits per heavy atom. The molecule has 2 heterocycles. The molecule has 0 saturated heterocycles. The van der Waals surface area contributed by atoms with E-state index in [1.807, 2.05) is 28.9 Å². The van der Waals surface area contributed by atoms with E-state index in [2.05, 4.69) is 41.5 Å². The van der Waals surface area contributed by atoms with Crippen molar-refractivity contribution in [2.45, 2.75) is 38.6 Å². The minimum absolute atomic E-state index is 0.102. The van der Waals surface area contributed by atoms with Gasteiger partial charge >= 0.3 is 0 Å². The maximum Gasteiger partial charge on any atom is 0.220 e. The number of aryl methyl sites for hydroxylation is 2. The third-order valence-electron chi connectivity index (χ3n) is 4.80. The zero-order valence-electron chi connectivity index (χ0n) is 13.8. The van der Waals surface area contributed by atoms with Crippen molar-refractivity contribution in [1.82, 2.24) is 14.7 Å². The molecule has 1 atom stereocenters. The summed E-state index contributed by atoms with van der Waals surface area (Å²) in [7, 11) is 0. The number of hydrogen-bond donors (Lipinski definition) is 1. The van der Waals surface area contributed by atoms with Gasteiger partial charge < -0.3 is 9.72 Å². The number of nitrogens with one attached hydrogen (secondary N) is 1. The molecule has 0 spiro atoms. The molecule has 4 heteroatoms. The fourth-order valence-electron chi connectivity index (χ4n) is 3.58. The standard InChI is InChI=1S/C20H21N3O/c1-14-6-9-19-22-17(13-23(19)12-14)11-21-20(24)10-16-8-7-15-4-2-3-5-18(15)16/h2-6,9,12-13,16H,7-8,10-11H2,1H3,(H,21,24)/t16-/m0/s1. The van der Waals surface area contributed by atoms with Crippen LogP contribution in [-0.2, 0) is 17.8 Å². The Bertz CT molecular complexity index is 897. The Labute approximate surface area is 141 Å². The van der Waals surface area contributed by atoms with Crippen molar-refractivity contribution in [2.75, 3.05) is 0 Å². The Balaban J connectivity index is 1.38. The summed E-state index contributed by atoms with van der Waals surface area (Å²) in [6.45, 7) is 2.54. The van der Waals surface area contributed by atoms with Crippen LogP contribution >= 0.6 is 0 Å². The van der Waals surface area contributed by atoms with Crippen LogP contribution in [0.25, 0.3) is 5.65 Å². The monoisotopic (exact) mass is 319 g/mol. The van der Waals surface area contributed by atoms with E-state index >= 15 is 0 Å². The number of rotatable bonds is 4. The van der Waals surface area contributed by atoms with Crippen molar-refractivity contribution in [3.05, 3.63) is 71.2 Å². The van der Waals surface area contributed by atoms with Gasteiger partial charge in [0, 0.05) is 18.8 Å². The lowest BCUT2D eigenvalue weighted by Gasteiger charge is -2.11. The summed E-state index contributed by atoms with van der Waals surface area (Å²) < 4.78 is 2.00. The first kappa shape index (κ1) is 14.9. The summed E-state index contributed by atoms with van der Waals surface area (Å²) in [6.07, 6.45) is 6.74. The van der Waals surface area contributed by atoms with Gasteiger partial charge in [-0.2, -0.15) is 0 Å². The molecule has 1 aliphatic rings. The van der Waals surface area contributed by atoms with Gasteiger partial charge in [0.15, 0.2) is 0 Å². The lowest BCUT2D eigenvalue weighted by molar-refractivity contribution is -0.121. The molecule has 0 aliphatic heterocycles. The fraction of sp³-hybridized carbons (Fsp3) is 0.300. The molecule has 0 bridgehead atoms. The molecular formula is C20H21N3O. The molecule has 4 rings (SSSR count). The largest absolute Gasteiger partial charge is 0.350 e. The summed E-state index contributed by atoms with van der Waals surface area (Å²) >= 11 is 0. The highest BCUT2D eigenvalue weighted by Gasteiger charge is 2.24. The number of pyridine rings is 1. The van der Waals surface area contributed by atoms with Crippen molar-refractivity contribution in [3.63, 3.8) is 0 Å². The van der Waals surface area contributed by atoms with Crippen LogP contribution in [0.5, 0.6) is 0 Å². The van der Waals surface area contributed by atoms with Crippen LogP contribution in [0.1, 0.15) is 41.1 Å². The Kier molecular flexibility index (Phi) is 3.81. The molecule has 4 nitrogen and oxygen atoms in total. The zero-order valence-corrected chi connectivity index (χ0v) is 13.8. The molecule has 122 valence electrons. The van der Waals surface area contributed by atoms with Crippen molar-refractivity contribution in [2.24, 2.45) is 0 Å². The van der Waals surface area contributed by atoms with Crippen LogP contribution in [0.15, 0.2) is 48.8 Å². The van der Waals surface area contributed by atoms with Gasteiger partial charge in [0.05, 0.1) is 12.2 Å². The molecule has 24 heavy (non-hydrogen) atoms. The van der Waals surface area contributed by atoms with Crippen molar-refractivity contribution < 1.29 is 4.79 Å². The molecule has 2 aromatic heterocycles. The van der Waals surface area contributed by atoms with Gasteiger partial charge in [0.1, 0.15) is 5.65 Å². The number of imidazole rings is 1. The topological polar surface area (TPSA) is 46.4 Å². The summed E-state index contributed by atoms with van der Waals surface area (Å²) in [5.74, 6) is 0.454. The SMILES string of the molecule is Cc1ccc2nc(CNC(=O)C[C@@H]3CCc4ccccc43)cn2c1. The highest BCUT2D eigenvalue weighted by molar-refractivity contribution is 5.77. The van der Waals surface area contributed by atoms with Gasteiger partial charge in [0.25, 0.3) is 0 Å². The second kappa shape index (κ2) is 6.11. The van der Waals surface area contributed by atoms with Crippen molar-refractivity contribution >= 4 is 11.6 Å². The lowest BCUT2D eigenvalue weighted by atomic mass is 9.97. The maximum atomic E-state index is 12.3. The average Bonchev–Trinajstić information content (AvgIpc) is 3.17. The number of amides is 1. The second-order valence-electron chi connectivity index (χ2n) is 6.62. The van der Waals surface area contributed by atoms with Crippen molar-refractivity contribution in [1.29, 1.82) is 0 Å². The fourth-order valence-corrected chi connectivity index (χ4v) is 3.58. The second-order valence-corrected chi connectivity index (χ2v) is 6.62. The van der Waals surface area contributed by atoms with Gasteiger partial charge in [-0.25, -0.2) is 4.98 Å². The quantitative estimate of drug-likeness (QED) is 0.801. The number of fused-ring (bicyclic) bond motifs is 2. The maximum absolute atomic E-state index is 12.3. The molecule has 0 saturated carbocycles. The summed E-state index contributed by atoms with van der Waals surface area (Å²) in [5, 5.41) is 3.02. The molecule has 1 N–H and O–H groups in total. The van der Waals surface area contributed by atoms with Gasteiger partial charge in [-0.3, -0.25) is 4.79 Å². The Hall–Kier alpha value is -2.62. The van der Waals surface area contributed by atoms with Crippen LogP contribution in [0.3, 0.4) is 0 Å². The van der Waals surface area contributed by atoms with Crippen LogP contribution in [0.4, 0.5) is 0 Å². The van der Waals surface area contributed by atoms with Gasteiger partial charge in [-0.1, -0.05) is 30.3 Å². The van der Waals surface area contributed by atoms with Crippen LogP contribution in [0, 0.1) is 6.92 Å². The smallest absolute Gasteiger partial charge is 0.220 e. The van der Waals surface area contributed by atoms with Crippen LogP contribution < -0.4 is 5.32 Å². The van der Waals surface area contributed by atoms with Crippen LogP contribution in [-0.4, -0.2) is 15.3 Å². The number of hydrogen-bond acceptors (Lipinski definition) is 2. The van der Waals surface area contributed by atoms with Crippen molar-refractivity contribution in [3.8, 4) is 0 Å². The van der Waals surface area contributed by atoms with E-state index in [0.29, 0.717) is 18.9 Å². The van der Waals surface area contributed by atoms with E-state index in [1.165, 1.54) is 16.7 Å². The molecule has 0 fully saturated rings. The van der Waals surface area contributed by atoms with E-state index in [4.69, 9.17) is 0 Å². The van der Waals surface area contributed by atoms with Crippen LogP contribution in [0.2, 0.25) is 0 Å². The first-order valence-corrected chi connectivity index (χ1v) is 8.48. The summed E-state index contributed by atoms with van der Waals surface area (Å²) in [6, 6.07) is 12.5. The first-order chi connectivity index (χ1) is 11.7. The van der Waals surface area contributed by atoms with E-state index < -0.39 is 0 Å². The molecule has 1 aliphatic carbocycles. The van der Waals surface area contributed by atoms with Gasteiger partial charge in [-0.15, -0.1) is 0 Å². The predicted molar refractivity (Wildman–Crippen MR) is 93.9 cm³/mol. The van der Waals surface area contributed by atoms with Gasteiger partial charge in [0.2, 0.25) is 5.91 Å². The summed E-state index contributed by atoms with van der Waals surface area (Å²) in [4.78, 5) is 16.8. The minimum Gasteiger partial charge on any atom is -0.350 e. The third kappa shape index (κ3) is 2.92. The number of carbonyl (C=O) groups excluding carboxylic acids is 1. The molecular weight excluding hydrogens is 298 g/mol. The minimum atomic E-state index is 0.102. The Morgan fingerprint density at radius 2 is 2.12 bits per heavy atom. The molecule has 3 aromatic rings. The summed E-state index contributed by atoms with van der Waals surface area (Å²) in [5.41, 5.74) is 5.73. The number of nitrogens with zero attached hydrogens (tertiary/aromatic N) is 2. The molecule has 1 aromatic carbocycles. The normalized spacial score (nSPS) is 16.3. The molecule has 0 radical (unpaired) electrons. The van der Waals surface area contributed by atoms with E-state index in [9.17, 15) is 4.79 Å². The van der Waals surface area contributed by atoms with E-state index in [1.54, 1.807) is 0 Å². The third-order valence-corrected chi connectivity index (χ3v) is 4.80. The Morgan fingerprint density at radius 1 is 1.25 bits per heavy atom. The average molecular weight is 319 g/mol. The van der Waals surface area contributed by atoms with E-state index in [-0.39, 0.29) is 5.91 Å². The first-order valence-electron chi connectivity index (χ1n) is 8.48. The van der Waals surface area contributed by atoms with Gasteiger partial charge in [-0.05, 0) is 48.4 Å². The zero-order chi connectivity index (χ0) is 16.5. The van der Waals surface area contributed by atoms with E-state index in [0.717, 1.165) is 24.2 Å². The highest BCUT2D eigenvalue weighted by atomic mass is 16.1. The highest BCUT2D eigenvalue weighted by Crippen LogP contribution is 2.35.